The SMILES string of the molecule is C[C@@H]1COc2cc(N)ccc2C(=[Si])CCN(C2CCN(C)CC2)C1. The number of nitrogen functional groups attached to an aromatic ring is 1. The maximum atomic E-state index is 6.11. The Morgan fingerprint density at radius 1 is 1.21 bits per heavy atom. The third-order valence-corrected chi connectivity index (χ3v) is 5.77. The van der Waals surface area contributed by atoms with Crippen LogP contribution < -0.4 is 10.5 Å². The second-order valence-electron chi connectivity index (χ2n) is 7.43. The van der Waals surface area contributed by atoms with Crippen molar-refractivity contribution in [1.29, 1.82) is 0 Å². The van der Waals surface area contributed by atoms with Crippen molar-refractivity contribution in [2.75, 3.05) is 45.6 Å². The Hall–Kier alpha value is -1.17. The highest BCUT2D eigenvalue weighted by Gasteiger charge is 2.25. The molecule has 0 saturated carbocycles. The molecular formula is C19H29N3OSi. The van der Waals surface area contributed by atoms with E-state index in [9.17, 15) is 0 Å². The molecule has 2 aliphatic rings. The van der Waals surface area contributed by atoms with Gasteiger partial charge in [0.05, 0.1) is 6.61 Å². The molecule has 1 aromatic rings. The van der Waals surface area contributed by atoms with Crippen LogP contribution in [0.5, 0.6) is 5.75 Å². The molecule has 5 heteroatoms. The standard InChI is InChI=1S/C19H29N3OSi/c1-14-12-22(16-5-8-21(2)9-6-16)10-7-19(24)17-4-3-15(20)11-18(17)23-13-14/h3-4,11,14,16H,5-10,12-13,20H2,1-2H3/t14-/m0/s1. The molecule has 4 nitrogen and oxygen atoms in total. The summed E-state index contributed by atoms with van der Waals surface area (Å²) in [6.07, 6.45) is 3.55. The van der Waals surface area contributed by atoms with Crippen molar-refractivity contribution in [2.24, 2.45) is 5.92 Å². The van der Waals surface area contributed by atoms with Gasteiger partial charge in [-0.25, -0.2) is 0 Å². The molecule has 2 radical (unpaired) electrons. The van der Waals surface area contributed by atoms with Gasteiger partial charge < -0.3 is 15.4 Å². The zero-order chi connectivity index (χ0) is 17.1. The Balaban J connectivity index is 1.75. The monoisotopic (exact) mass is 343 g/mol. The van der Waals surface area contributed by atoms with E-state index in [0.29, 0.717) is 12.0 Å². The highest BCUT2D eigenvalue weighted by atomic mass is 28.1. The summed E-state index contributed by atoms with van der Waals surface area (Å²) < 4.78 is 6.11. The van der Waals surface area contributed by atoms with Crippen LogP contribution in [0, 0.1) is 5.92 Å². The second-order valence-corrected chi connectivity index (χ2v) is 8.03. The van der Waals surface area contributed by atoms with Crippen LogP contribution in [0.25, 0.3) is 0 Å². The number of piperidine rings is 1. The van der Waals surface area contributed by atoms with Crippen LogP contribution in [-0.4, -0.2) is 70.7 Å². The number of nitrogens with two attached hydrogens (primary N) is 1. The molecule has 1 fully saturated rings. The van der Waals surface area contributed by atoms with Crippen molar-refractivity contribution in [1.82, 2.24) is 9.80 Å². The maximum Gasteiger partial charge on any atom is 0.128 e. The van der Waals surface area contributed by atoms with Gasteiger partial charge in [-0.3, -0.25) is 4.90 Å². The first kappa shape index (κ1) is 17.6. The number of hydrogen-bond acceptors (Lipinski definition) is 4. The summed E-state index contributed by atoms with van der Waals surface area (Å²) in [7, 11) is 6.08. The molecule has 24 heavy (non-hydrogen) atoms. The third kappa shape index (κ3) is 4.26. The van der Waals surface area contributed by atoms with Gasteiger partial charge in [-0.2, -0.15) is 0 Å². The Morgan fingerprint density at radius 3 is 2.71 bits per heavy atom. The van der Waals surface area contributed by atoms with Crippen LogP contribution in [0.15, 0.2) is 18.2 Å². The van der Waals surface area contributed by atoms with E-state index in [1.165, 1.54) is 31.1 Å². The van der Waals surface area contributed by atoms with Crippen molar-refractivity contribution in [3.8, 4) is 5.75 Å². The van der Waals surface area contributed by atoms with Gasteiger partial charge in [0.1, 0.15) is 5.75 Å². The molecule has 0 amide bonds. The van der Waals surface area contributed by atoms with E-state index in [0.717, 1.165) is 43.1 Å². The van der Waals surface area contributed by atoms with Crippen LogP contribution in [0.3, 0.4) is 0 Å². The predicted octanol–water partition coefficient (Wildman–Crippen LogP) is 1.77. The Kier molecular flexibility index (Phi) is 5.74. The summed E-state index contributed by atoms with van der Waals surface area (Å²) in [5.41, 5.74) is 7.83. The lowest BCUT2D eigenvalue weighted by Crippen LogP contribution is -2.46. The molecule has 0 aromatic heterocycles. The average molecular weight is 344 g/mol. The number of hydrogen-bond donors (Lipinski definition) is 1. The van der Waals surface area contributed by atoms with Crippen LogP contribution in [-0.2, 0) is 0 Å². The minimum atomic E-state index is 0.509. The van der Waals surface area contributed by atoms with Crippen molar-refractivity contribution in [3.05, 3.63) is 23.8 Å². The van der Waals surface area contributed by atoms with E-state index in [2.05, 4.69) is 39.7 Å². The predicted molar refractivity (Wildman–Crippen MR) is 102 cm³/mol. The fourth-order valence-corrected chi connectivity index (χ4v) is 4.08. The number of anilines is 1. The molecule has 0 unspecified atom stereocenters. The molecule has 1 atom stereocenters. The largest absolute Gasteiger partial charge is 0.493 e. The van der Waals surface area contributed by atoms with Crippen LogP contribution in [0.1, 0.15) is 31.7 Å². The normalized spacial score (nSPS) is 25.1. The summed E-state index contributed by atoms with van der Waals surface area (Å²) >= 11 is 0. The summed E-state index contributed by atoms with van der Waals surface area (Å²) in [5.74, 6) is 1.41. The summed E-state index contributed by atoms with van der Waals surface area (Å²) in [6, 6.07) is 6.66. The first-order chi connectivity index (χ1) is 11.5. The molecule has 2 N–H and O–H groups in total. The number of rotatable bonds is 1. The van der Waals surface area contributed by atoms with Gasteiger partial charge in [0.15, 0.2) is 0 Å². The fourth-order valence-electron chi connectivity index (χ4n) is 3.77. The third-order valence-electron chi connectivity index (χ3n) is 5.25. The van der Waals surface area contributed by atoms with E-state index in [4.69, 9.17) is 10.5 Å². The first-order valence-corrected chi connectivity index (χ1v) is 9.55. The lowest BCUT2D eigenvalue weighted by Gasteiger charge is -2.39. The molecule has 2 heterocycles. The highest BCUT2D eigenvalue weighted by molar-refractivity contribution is 6.44. The molecule has 0 aliphatic carbocycles. The van der Waals surface area contributed by atoms with Crippen molar-refractivity contribution >= 4 is 20.7 Å². The Labute approximate surface area is 149 Å². The fraction of sp³-hybridized carbons (Fsp3) is 0.632. The number of benzene rings is 1. The quantitative estimate of drug-likeness (QED) is 0.623. The van der Waals surface area contributed by atoms with Crippen molar-refractivity contribution in [2.45, 2.75) is 32.2 Å². The zero-order valence-corrected chi connectivity index (χ0v) is 15.9. The van der Waals surface area contributed by atoms with Crippen molar-refractivity contribution < 1.29 is 4.74 Å². The second kappa shape index (κ2) is 7.81. The average Bonchev–Trinajstić information content (AvgIpc) is 2.57. The lowest BCUT2D eigenvalue weighted by molar-refractivity contribution is 0.0976. The van der Waals surface area contributed by atoms with Gasteiger partial charge in [0, 0.05) is 52.2 Å². The molecule has 3 rings (SSSR count). The van der Waals surface area contributed by atoms with Gasteiger partial charge in [0.2, 0.25) is 0 Å². The van der Waals surface area contributed by atoms with E-state index in [-0.39, 0.29) is 0 Å². The molecule has 2 aliphatic heterocycles. The summed E-state index contributed by atoms with van der Waals surface area (Å²) in [5, 5.41) is 1.21. The minimum Gasteiger partial charge on any atom is -0.493 e. The number of fused-ring (bicyclic) bond motifs is 1. The van der Waals surface area contributed by atoms with Gasteiger partial charge in [-0.1, -0.05) is 12.1 Å². The smallest absolute Gasteiger partial charge is 0.128 e. The van der Waals surface area contributed by atoms with Crippen LogP contribution >= 0.6 is 0 Å². The Morgan fingerprint density at radius 2 is 1.96 bits per heavy atom. The molecule has 130 valence electrons. The lowest BCUT2D eigenvalue weighted by atomic mass is 10.00. The Bertz CT molecular complexity index is 584. The van der Waals surface area contributed by atoms with Gasteiger partial charge >= 0.3 is 0 Å². The zero-order valence-electron chi connectivity index (χ0n) is 14.9. The van der Waals surface area contributed by atoms with Gasteiger partial charge in [0.25, 0.3) is 0 Å². The molecule has 1 aromatic carbocycles. The summed E-state index contributed by atoms with van der Waals surface area (Å²) in [6.45, 7) is 7.64. The van der Waals surface area contributed by atoms with Crippen molar-refractivity contribution in [3.63, 3.8) is 0 Å². The molecule has 0 bridgehead atoms. The minimum absolute atomic E-state index is 0.509. The number of nitrogens with zero attached hydrogens (tertiary/aromatic N) is 2. The summed E-state index contributed by atoms with van der Waals surface area (Å²) in [4.78, 5) is 5.12. The van der Waals surface area contributed by atoms with Crippen LogP contribution in [0.4, 0.5) is 5.69 Å². The highest BCUT2D eigenvalue weighted by Crippen LogP contribution is 2.26. The number of ether oxygens (including phenoxy) is 1. The molecule has 1 saturated heterocycles. The number of likely N-dealkylation sites (tertiary alicyclic amines) is 1. The van der Waals surface area contributed by atoms with Crippen LogP contribution in [0.2, 0.25) is 0 Å². The first-order valence-electron chi connectivity index (χ1n) is 9.05. The maximum absolute atomic E-state index is 6.11. The van der Waals surface area contributed by atoms with E-state index < -0.39 is 0 Å². The van der Waals surface area contributed by atoms with E-state index in [1.54, 1.807) is 0 Å². The van der Waals surface area contributed by atoms with Gasteiger partial charge in [-0.05, 0) is 51.5 Å². The van der Waals surface area contributed by atoms with E-state index >= 15 is 0 Å². The van der Waals surface area contributed by atoms with Gasteiger partial charge in [-0.15, -0.1) is 0 Å². The van der Waals surface area contributed by atoms with E-state index in [1.807, 2.05) is 12.1 Å². The molecular weight excluding hydrogens is 314 g/mol. The topological polar surface area (TPSA) is 41.7 Å². The molecule has 0 spiro atoms.